The van der Waals surface area contributed by atoms with Gasteiger partial charge in [-0.25, -0.2) is 0 Å². The highest BCUT2D eigenvalue weighted by Gasteiger charge is 2.18. The number of amides is 2. The number of hydrogen-bond acceptors (Lipinski definition) is 3. The van der Waals surface area contributed by atoms with Gasteiger partial charge in [-0.15, -0.1) is 0 Å². The van der Waals surface area contributed by atoms with Crippen LogP contribution < -0.4 is 15.4 Å². The van der Waals surface area contributed by atoms with Gasteiger partial charge in [0.2, 0.25) is 5.91 Å². The first-order valence-electron chi connectivity index (χ1n) is 7.01. The maximum Gasteiger partial charge on any atom is 0.253 e. The van der Waals surface area contributed by atoms with Gasteiger partial charge in [-0.3, -0.25) is 9.59 Å². The minimum Gasteiger partial charge on any atom is -0.497 e. The van der Waals surface area contributed by atoms with Crippen LogP contribution in [-0.2, 0) is 4.79 Å². The Hall–Kier alpha value is -2.53. The number of halogens is 1. The lowest BCUT2D eigenvalue weighted by atomic mass is 10.2. The van der Waals surface area contributed by atoms with Gasteiger partial charge in [0, 0.05) is 5.69 Å². The average Bonchev–Trinajstić information content (AvgIpc) is 2.55. The summed E-state index contributed by atoms with van der Waals surface area (Å²) in [6, 6.07) is 12.9. The Balaban J connectivity index is 1.96. The van der Waals surface area contributed by atoms with Crippen molar-refractivity contribution in [3.8, 4) is 5.75 Å². The van der Waals surface area contributed by atoms with E-state index in [9.17, 15) is 9.59 Å². The van der Waals surface area contributed by atoms with Crippen molar-refractivity contribution in [3.63, 3.8) is 0 Å². The van der Waals surface area contributed by atoms with Crippen LogP contribution in [0.15, 0.2) is 48.5 Å². The normalized spacial score (nSPS) is 11.4. The molecule has 0 spiro atoms. The van der Waals surface area contributed by atoms with Crippen molar-refractivity contribution in [1.29, 1.82) is 0 Å². The van der Waals surface area contributed by atoms with E-state index in [1.54, 1.807) is 62.6 Å². The zero-order chi connectivity index (χ0) is 16.8. The van der Waals surface area contributed by atoms with Gasteiger partial charge in [0.1, 0.15) is 11.8 Å². The molecule has 0 saturated carbocycles. The topological polar surface area (TPSA) is 67.4 Å². The second-order valence-corrected chi connectivity index (χ2v) is 5.30. The number of anilines is 1. The van der Waals surface area contributed by atoms with E-state index in [0.717, 1.165) is 0 Å². The van der Waals surface area contributed by atoms with Gasteiger partial charge in [0.25, 0.3) is 5.91 Å². The molecule has 0 radical (unpaired) electrons. The number of hydrogen-bond donors (Lipinski definition) is 2. The third-order valence-electron chi connectivity index (χ3n) is 3.22. The molecule has 0 aliphatic carbocycles. The number of benzene rings is 2. The molecule has 6 heteroatoms. The zero-order valence-corrected chi connectivity index (χ0v) is 13.6. The van der Waals surface area contributed by atoms with E-state index < -0.39 is 11.9 Å². The van der Waals surface area contributed by atoms with Crippen LogP contribution in [0, 0.1) is 0 Å². The summed E-state index contributed by atoms with van der Waals surface area (Å²) < 4.78 is 5.05. The molecule has 120 valence electrons. The van der Waals surface area contributed by atoms with Crippen LogP contribution in [0.5, 0.6) is 5.75 Å². The third-order valence-corrected chi connectivity index (χ3v) is 3.55. The third kappa shape index (κ3) is 4.47. The highest BCUT2D eigenvalue weighted by molar-refractivity contribution is 6.33. The summed E-state index contributed by atoms with van der Waals surface area (Å²) >= 11 is 5.97. The Bertz CT molecular complexity index is 701. The van der Waals surface area contributed by atoms with Crippen LogP contribution in [0.25, 0.3) is 0 Å². The van der Waals surface area contributed by atoms with E-state index >= 15 is 0 Å². The van der Waals surface area contributed by atoms with E-state index in [1.165, 1.54) is 0 Å². The number of carbonyl (C=O) groups is 2. The summed E-state index contributed by atoms with van der Waals surface area (Å²) in [4.78, 5) is 24.3. The molecule has 0 saturated heterocycles. The highest BCUT2D eigenvalue weighted by atomic mass is 35.5. The number of methoxy groups -OCH3 is 1. The van der Waals surface area contributed by atoms with Crippen LogP contribution >= 0.6 is 11.6 Å². The van der Waals surface area contributed by atoms with E-state index in [1.807, 2.05) is 0 Å². The van der Waals surface area contributed by atoms with Crippen LogP contribution in [0.2, 0.25) is 5.02 Å². The van der Waals surface area contributed by atoms with E-state index in [4.69, 9.17) is 16.3 Å². The maximum absolute atomic E-state index is 12.1. The van der Waals surface area contributed by atoms with Crippen molar-refractivity contribution in [3.05, 3.63) is 59.1 Å². The quantitative estimate of drug-likeness (QED) is 0.884. The largest absolute Gasteiger partial charge is 0.497 e. The number of carbonyl (C=O) groups excluding carboxylic acids is 2. The maximum atomic E-state index is 12.1. The van der Waals surface area contributed by atoms with Crippen LogP contribution in [-0.4, -0.2) is 25.0 Å². The summed E-state index contributed by atoms with van der Waals surface area (Å²) in [5.41, 5.74) is 0.952. The molecule has 0 fully saturated rings. The molecule has 0 aromatic heterocycles. The van der Waals surface area contributed by atoms with Gasteiger partial charge >= 0.3 is 0 Å². The summed E-state index contributed by atoms with van der Waals surface area (Å²) in [6.45, 7) is 1.60. The first kappa shape index (κ1) is 16.8. The minimum absolute atomic E-state index is 0.324. The van der Waals surface area contributed by atoms with Crippen molar-refractivity contribution in [1.82, 2.24) is 5.32 Å². The molecule has 0 unspecified atom stereocenters. The number of rotatable bonds is 5. The molecule has 2 N–H and O–H groups in total. The van der Waals surface area contributed by atoms with Gasteiger partial charge in [-0.2, -0.15) is 0 Å². The fraction of sp³-hybridized carbons (Fsp3) is 0.176. The molecule has 23 heavy (non-hydrogen) atoms. The van der Waals surface area contributed by atoms with Crippen molar-refractivity contribution in [2.24, 2.45) is 0 Å². The fourth-order valence-corrected chi connectivity index (χ4v) is 2.13. The molecule has 0 aliphatic rings. The van der Waals surface area contributed by atoms with Crippen molar-refractivity contribution < 1.29 is 14.3 Å². The summed E-state index contributed by atoms with van der Waals surface area (Å²) in [6.07, 6.45) is 0. The molecule has 5 nitrogen and oxygen atoms in total. The first-order chi connectivity index (χ1) is 11.0. The smallest absolute Gasteiger partial charge is 0.253 e. The molecule has 2 rings (SSSR count). The second kappa shape index (κ2) is 7.65. The molecule has 1 atom stereocenters. The van der Waals surface area contributed by atoms with Crippen molar-refractivity contribution in [2.75, 3.05) is 12.4 Å². The van der Waals surface area contributed by atoms with Crippen LogP contribution in [0.4, 0.5) is 5.69 Å². The van der Waals surface area contributed by atoms with Crippen LogP contribution in [0.1, 0.15) is 17.3 Å². The molecular formula is C17H17ClN2O3. The lowest BCUT2D eigenvalue weighted by Crippen LogP contribution is -2.41. The van der Waals surface area contributed by atoms with Gasteiger partial charge in [0.05, 0.1) is 17.7 Å². The predicted molar refractivity (Wildman–Crippen MR) is 90.0 cm³/mol. The Labute approximate surface area is 139 Å². The highest BCUT2D eigenvalue weighted by Crippen LogP contribution is 2.16. The fourth-order valence-electron chi connectivity index (χ4n) is 1.91. The first-order valence-corrected chi connectivity index (χ1v) is 7.39. The molecular weight excluding hydrogens is 316 g/mol. The second-order valence-electron chi connectivity index (χ2n) is 4.89. The van der Waals surface area contributed by atoms with E-state index in [2.05, 4.69) is 10.6 Å². The summed E-state index contributed by atoms with van der Waals surface area (Å²) in [5.74, 6) is -0.0216. The van der Waals surface area contributed by atoms with E-state index in [-0.39, 0.29) is 5.91 Å². The minimum atomic E-state index is -0.708. The lowest BCUT2D eigenvalue weighted by molar-refractivity contribution is -0.117. The van der Waals surface area contributed by atoms with Crippen molar-refractivity contribution >= 4 is 29.1 Å². The van der Waals surface area contributed by atoms with Gasteiger partial charge in [-0.05, 0) is 43.3 Å². The average molecular weight is 333 g/mol. The molecule has 0 bridgehead atoms. The predicted octanol–water partition coefficient (Wildman–Crippen LogP) is 3.11. The number of nitrogens with one attached hydrogen (secondary N) is 2. The van der Waals surface area contributed by atoms with Crippen LogP contribution in [0.3, 0.4) is 0 Å². The standard InChI is InChI=1S/C17H17ClN2O3/c1-11(19-17(22)14-5-3-4-6-15(14)18)16(21)20-12-7-9-13(23-2)10-8-12/h3-11H,1-2H3,(H,19,22)(H,20,21)/t11-/m0/s1. The van der Waals surface area contributed by atoms with Crippen molar-refractivity contribution in [2.45, 2.75) is 13.0 Å². The Morgan fingerprint density at radius 2 is 1.74 bits per heavy atom. The molecule has 2 amide bonds. The molecule has 0 aliphatic heterocycles. The van der Waals surface area contributed by atoms with Gasteiger partial charge in [0.15, 0.2) is 0 Å². The summed E-state index contributed by atoms with van der Waals surface area (Å²) in [5, 5.41) is 5.68. The molecule has 0 heterocycles. The summed E-state index contributed by atoms with van der Waals surface area (Å²) in [7, 11) is 1.57. The molecule has 2 aromatic carbocycles. The monoisotopic (exact) mass is 332 g/mol. The SMILES string of the molecule is COc1ccc(NC(=O)[C@H](C)NC(=O)c2ccccc2Cl)cc1. The Morgan fingerprint density at radius 1 is 1.09 bits per heavy atom. The lowest BCUT2D eigenvalue weighted by Gasteiger charge is -2.15. The zero-order valence-electron chi connectivity index (χ0n) is 12.8. The molecule has 2 aromatic rings. The van der Waals surface area contributed by atoms with Gasteiger partial charge in [-0.1, -0.05) is 23.7 Å². The Morgan fingerprint density at radius 3 is 2.35 bits per heavy atom. The van der Waals surface area contributed by atoms with Gasteiger partial charge < -0.3 is 15.4 Å². The van der Waals surface area contributed by atoms with E-state index in [0.29, 0.717) is 22.0 Å². The Kier molecular flexibility index (Phi) is 5.60. The number of ether oxygens (including phenoxy) is 1.